The molecule has 0 saturated heterocycles. The molecule has 4 rings (SSSR count). The lowest BCUT2D eigenvalue weighted by atomic mass is 10.1. The molecule has 3 aromatic carbocycles. The molecule has 2 nitrogen and oxygen atoms in total. The van der Waals surface area contributed by atoms with Crippen LogP contribution < -0.4 is 25.4 Å². The van der Waals surface area contributed by atoms with Gasteiger partial charge in [0.25, 0.3) is 0 Å². The van der Waals surface area contributed by atoms with Crippen LogP contribution in [0.5, 0.6) is 11.5 Å². The number of aryl methyl sites for hydroxylation is 2. The summed E-state index contributed by atoms with van der Waals surface area (Å²) in [5.41, 5.74) is 2.63. The highest BCUT2D eigenvalue weighted by Crippen LogP contribution is 2.42. The van der Waals surface area contributed by atoms with Gasteiger partial charge in [-0.05, 0) is 50.2 Å². The summed E-state index contributed by atoms with van der Waals surface area (Å²) in [4.78, 5) is 0. The van der Waals surface area contributed by atoms with E-state index in [1.807, 2.05) is 6.07 Å². The molecule has 0 radical (unpaired) electrons. The van der Waals surface area contributed by atoms with Crippen molar-refractivity contribution in [1.29, 1.82) is 0 Å². The van der Waals surface area contributed by atoms with Crippen molar-refractivity contribution in [3.05, 3.63) is 77.9 Å². The van der Waals surface area contributed by atoms with Crippen molar-refractivity contribution < 1.29 is 9.47 Å². The van der Waals surface area contributed by atoms with Crippen molar-refractivity contribution >= 4 is 23.8 Å². The van der Waals surface area contributed by atoms with Crippen LogP contribution in [-0.2, 0) is 6.42 Å². The number of methoxy groups -OCH3 is 1. The van der Waals surface area contributed by atoms with Gasteiger partial charge in [-0.1, -0.05) is 60.7 Å². The van der Waals surface area contributed by atoms with E-state index in [4.69, 9.17) is 9.47 Å². The van der Waals surface area contributed by atoms with Gasteiger partial charge in [0.05, 0.1) is 13.7 Å². The predicted octanol–water partition coefficient (Wildman–Crippen LogP) is 4.09. The fourth-order valence-electron chi connectivity index (χ4n) is 3.57. The SMILES string of the molecule is COc1ccccc1P(c1ccccc1C)c1cccc2c1OCCC2. The number of rotatable bonds is 4. The van der Waals surface area contributed by atoms with E-state index < -0.39 is 7.92 Å². The number of benzene rings is 3. The molecule has 1 aliphatic rings. The van der Waals surface area contributed by atoms with E-state index in [9.17, 15) is 0 Å². The van der Waals surface area contributed by atoms with Crippen LogP contribution in [0.2, 0.25) is 0 Å². The second-order valence-electron chi connectivity index (χ2n) is 6.51. The first kappa shape index (κ1) is 17.1. The monoisotopic (exact) mass is 362 g/mol. The Bertz CT molecular complexity index is 920. The fourth-order valence-corrected chi connectivity index (χ4v) is 6.27. The van der Waals surface area contributed by atoms with Crippen LogP contribution in [0, 0.1) is 6.92 Å². The fraction of sp³-hybridized carbons (Fsp3) is 0.217. The molecule has 0 aliphatic carbocycles. The Kier molecular flexibility index (Phi) is 4.95. The van der Waals surface area contributed by atoms with Crippen molar-refractivity contribution in [3.8, 4) is 11.5 Å². The molecule has 0 N–H and O–H groups in total. The van der Waals surface area contributed by atoms with Crippen molar-refractivity contribution in [3.63, 3.8) is 0 Å². The first-order valence-corrected chi connectivity index (χ1v) is 10.4. The molecule has 0 saturated carbocycles. The minimum absolute atomic E-state index is 0.758. The highest BCUT2D eigenvalue weighted by molar-refractivity contribution is 7.80. The van der Waals surface area contributed by atoms with E-state index in [0.29, 0.717) is 0 Å². The Morgan fingerprint density at radius 1 is 0.846 bits per heavy atom. The van der Waals surface area contributed by atoms with E-state index in [-0.39, 0.29) is 0 Å². The third-order valence-corrected chi connectivity index (χ3v) is 7.50. The summed E-state index contributed by atoms with van der Waals surface area (Å²) in [5.74, 6) is 2.02. The van der Waals surface area contributed by atoms with Gasteiger partial charge < -0.3 is 9.47 Å². The van der Waals surface area contributed by atoms with Crippen LogP contribution >= 0.6 is 7.92 Å². The van der Waals surface area contributed by atoms with Crippen LogP contribution in [0.4, 0.5) is 0 Å². The molecule has 1 aliphatic heterocycles. The largest absolute Gasteiger partial charge is 0.496 e. The predicted molar refractivity (Wildman–Crippen MR) is 110 cm³/mol. The van der Waals surface area contributed by atoms with E-state index in [1.165, 1.54) is 27.0 Å². The van der Waals surface area contributed by atoms with Gasteiger partial charge in [0, 0.05) is 10.6 Å². The highest BCUT2D eigenvalue weighted by Gasteiger charge is 2.26. The van der Waals surface area contributed by atoms with Gasteiger partial charge in [0.15, 0.2) is 0 Å². The normalized spacial score (nSPS) is 14.2. The topological polar surface area (TPSA) is 18.5 Å². The second kappa shape index (κ2) is 7.51. The molecule has 0 amide bonds. The van der Waals surface area contributed by atoms with E-state index in [2.05, 4.69) is 67.6 Å². The molecule has 26 heavy (non-hydrogen) atoms. The average molecular weight is 362 g/mol. The Morgan fingerprint density at radius 3 is 2.38 bits per heavy atom. The lowest BCUT2D eigenvalue weighted by Gasteiger charge is -2.27. The number of para-hydroxylation sites is 2. The molecule has 0 spiro atoms. The van der Waals surface area contributed by atoms with Gasteiger partial charge in [-0.25, -0.2) is 0 Å². The van der Waals surface area contributed by atoms with E-state index in [1.54, 1.807) is 7.11 Å². The number of hydrogen-bond donors (Lipinski definition) is 0. The first-order valence-electron chi connectivity index (χ1n) is 9.03. The van der Waals surface area contributed by atoms with Gasteiger partial charge in [0.1, 0.15) is 11.5 Å². The van der Waals surface area contributed by atoms with Crippen LogP contribution in [0.3, 0.4) is 0 Å². The molecular weight excluding hydrogens is 339 g/mol. The molecule has 1 heterocycles. The van der Waals surface area contributed by atoms with E-state index >= 15 is 0 Å². The second-order valence-corrected chi connectivity index (χ2v) is 8.63. The quantitative estimate of drug-likeness (QED) is 0.651. The number of ether oxygens (including phenoxy) is 2. The summed E-state index contributed by atoms with van der Waals surface area (Å²) in [5, 5.41) is 3.88. The van der Waals surface area contributed by atoms with Crippen molar-refractivity contribution in [2.24, 2.45) is 0 Å². The van der Waals surface area contributed by atoms with E-state index in [0.717, 1.165) is 30.9 Å². The Morgan fingerprint density at radius 2 is 1.58 bits per heavy atom. The number of fused-ring (bicyclic) bond motifs is 1. The maximum absolute atomic E-state index is 6.17. The lowest BCUT2D eigenvalue weighted by Crippen LogP contribution is -2.26. The van der Waals surface area contributed by atoms with Crippen LogP contribution in [0.25, 0.3) is 0 Å². The maximum atomic E-state index is 6.17. The number of hydrogen-bond acceptors (Lipinski definition) is 2. The lowest BCUT2D eigenvalue weighted by molar-refractivity contribution is 0.291. The molecular formula is C23H23O2P. The van der Waals surface area contributed by atoms with Gasteiger partial charge in [-0.3, -0.25) is 0 Å². The van der Waals surface area contributed by atoms with Gasteiger partial charge in [0.2, 0.25) is 0 Å². The zero-order chi connectivity index (χ0) is 17.9. The smallest absolute Gasteiger partial charge is 0.130 e. The standard InChI is InChI=1S/C23H23O2P/c1-17-9-3-5-13-20(17)26(21-14-6-4-12-19(21)24-2)22-15-7-10-18-11-8-16-25-23(18)22/h3-7,9-10,12-15H,8,11,16H2,1-2H3. The average Bonchev–Trinajstić information content (AvgIpc) is 2.70. The third-order valence-electron chi connectivity index (χ3n) is 4.84. The minimum atomic E-state index is -0.758. The molecule has 0 aromatic heterocycles. The summed E-state index contributed by atoms with van der Waals surface area (Å²) in [6.07, 6.45) is 2.18. The Labute approximate surface area is 156 Å². The summed E-state index contributed by atoms with van der Waals surface area (Å²) in [6, 6.07) is 23.7. The van der Waals surface area contributed by atoms with Gasteiger partial charge in [-0.2, -0.15) is 0 Å². The maximum Gasteiger partial charge on any atom is 0.130 e. The first-order chi connectivity index (χ1) is 12.8. The van der Waals surface area contributed by atoms with Crippen molar-refractivity contribution in [2.75, 3.05) is 13.7 Å². The molecule has 132 valence electrons. The van der Waals surface area contributed by atoms with Gasteiger partial charge in [-0.15, -0.1) is 0 Å². The van der Waals surface area contributed by atoms with Gasteiger partial charge >= 0.3 is 0 Å². The zero-order valence-corrected chi connectivity index (χ0v) is 16.1. The summed E-state index contributed by atoms with van der Waals surface area (Å²) < 4.78 is 11.9. The molecule has 0 fully saturated rings. The minimum Gasteiger partial charge on any atom is -0.496 e. The van der Waals surface area contributed by atoms with Crippen molar-refractivity contribution in [2.45, 2.75) is 19.8 Å². The van der Waals surface area contributed by atoms with Crippen LogP contribution in [-0.4, -0.2) is 13.7 Å². The third kappa shape index (κ3) is 3.10. The molecule has 1 atom stereocenters. The molecule has 3 heteroatoms. The Hall–Kier alpha value is -2.31. The summed E-state index contributed by atoms with van der Waals surface area (Å²) in [6.45, 7) is 2.99. The van der Waals surface area contributed by atoms with Crippen LogP contribution in [0.1, 0.15) is 17.5 Å². The van der Waals surface area contributed by atoms with Crippen molar-refractivity contribution in [1.82, 2.24) is 0 Å². The molecule has 1 unspecified atom stereocenters. The Balaban J connectivity index is 1.97. The summed E-state index contributed by atoms with van der Waals surface area (Å²) >= 11 is 0. The highest BCUT2D eigenvalue weighted by atomic mass is 31.1. The molecule has 3 aromatic rings. The summed E-state index contributed by atoms with van der Waals surface area (Å²) in [7, 11) is 0.993. The zero-order valence-electron chi connectivity index (χ0n) is 15.2. The molecule has 0 bridgehead atoms. The van der Waals surface area contributed by atoms with Crippen LogP contribution in [0.15, 0.2) is 66.7 Å².